The van der Waals surface area contributed by atoms with Gasteiger partial charge in [-0.1, -0.05) is 0 Å². The normalized spacial score (nSPS) is 12.0. The van der Waals surface area contributed by atoms with Gasteiger partial charge in [0.2, 0.25) is 0 Å². The summed E-state index contributed by atoms with van der Waals surface area (Å²) in [5.74, 6) is 0. The second kappa shape index (κ2) is 2.04. The minimum Gasteiger partial charge on any atom is -0.364 e. The predicted molar refractivity (Wildman–Crippen MR) is 29.4 cm³/mol. The summed E-state index contributed by atoms with van der Waals surface area (Å²) in [6, 6.07) is 2.06. The zero-order valence-electron chi connectivity index (χ0n) is 5.21. The molecule has 1 aromatic rings. The monoisotopic (exact) mass is 148 g/mol. The van der Waals surface area contributed by atoms with Crippen LogP contribution >= 0.6 is 0 Å². The Hall–Kier alpha value is -0.930. The van der Waals surface area contributed by atoms with Crippen LogP contribution in [0.4, 0.5) is 13.2 Å². The molecule has 1 radical (unpaired) electrons. The Kier molecular flexibility index (Phi) is 1.46. The number of halogens is 3. The van der Waals surface area contributed by atoms with Gasteiger partial charge in [-0.15, -0.1) is 0 Å². The van der Waals surface area contributed by atoms with Gasteiger partial charge in [-0.25, -0.2) is 0 Å². The van der Waals surface area contributed by atoms with E-state index in [1.54, 1.807) is 0 Å². The van der Waals surface area contributed by atoms with Crippen molar-refractivity contribution in [2.24, 2.45) is 0 Å². The summed E-state index contributed by atoms with van der Waals surface area (Å²) < 4.78 is 35.5. The first-order chi connectivity index (χ1) is 4.52. The first-order valence-electron chi connectivity index (χ1n) is 2.64. The summed E-state index contributed by atoms with van der Waals surface area (Å²) in [4.78, 5) is 2.40. The number of hydrogen-bond donors (Lipinski definition) is 1. The molecule has 0 atom stereocenters. The number of aromatic nitrogens is 1. The molecule has 0 aliphatic carbocycles. The van der Waals surface area contributed by atoms with Crippen molar-refractivity contribution in [2.75, 3.05) is 0 Å². The van der Waals surface area contributed by atoms with E-state index in [0.29, 0.717) is 0 Å². The van der Waals surface area contributed by atoms with E-state index in [1.165, 1.54) is 6.92 Å². The molecule has 1 aromatic heterocycles. The summed E-state index contributed by atoms with van der Waals surface area (Å²) in [5.41, 5.74) is -0.611. The second-order valence-corrected chi connectivity index (χ2v) is 1.93. The van der Waals surface area contributed by atoms with Crippen LogP contribution in [-0.4, -0.2) is 4.98 Å². The molecule has 1 N–H and O–H groups in total. The van der Waals surface area contributed by atoms with E-state index in [0.717, 1.165) is 6.20 Å². The third kappa shape index (κ3) is 1.15. The lowest BCUT2D eigenvalue weighted by Crippen LogP contribution is -2.05. The van der Waals surface area contributed by atoms with Gasteiger partial charge in [0.15, 0.2) is 0 Å². The lowest BCUT2D eigenvalue weighted by atomic mass is 10.2. The molecule has 0 aliphatic rings. The topological polar surface area (TPSA) is 15.8 Å². The Balaban J connectivity index is 3.05. The molecule has 0 spiro atoms. The molecule has 0 saturated carbocycles. The highest BCUT2D eigenvalue weighted by Crippen LogP contribution is 2.30. The SMILES string of the molecule is Cc1[nH]c[c]c1C(F)(F)F. The molecule has 0 saturated heterocycles. The van der Waals surface area contributed by atoms with E-state index >= 15 is 0 Å². The van der Waals surface area contributed by atoms with Gasteiger partial charge in [0.25, 0.3) is 0 Å². The molecule has 0 fully saturated rings. The summed E-state index contributed by atoms with van der Waals surface area (Å²) in [5, 5.41) is 0. The van der Waals surface area contributed by atoms with Gasteiger partial charge in [-0.3, -0.25) is 0 Å². The molecule has 1 heterocycles. The molecule has 10 heavy (non-hydrogen) atoms. The van der Waals surface area contributed by atoms with Gasteiger partial charge in [0, 0.05) is 18.0 Å². The minimum atomic E-state index is -4.27. The van der Waals surface area contributed by atoms with Crippen LogP contribution in [0.5, 0.6) is 0 Å². The fourth-order valence-electron chi connectivity index (χ4n) is 0.691. The zero-order valence-corrected chi connectivity index (χ0v) is 5.21. The second-order valence-electron chi connectivity index (χ2n) is 1.93. The number of hydrogen-bond acceptors (Lipinski definition) is 0. The van der Waals surface area contributed by atoms with Crippen molar-refractivity contribution in [3.05, 3.63) is 23.5 Å². The van der Waals surface area contributed by atoms with Crippen LogP contribution in [0.2, 0.25) is 0 Å². The average molecular weight is 148 g/mol. The van der Waals surface area contributed by atoms with E-state index in [1.807, 2.05) is 0 Å². The highest BCUT2D eigenvalue weighted by atomic mass is 19.4. The van der Waals surface area contributed by atoms with Crippen LogP contribution in [0.1, 0.15) is 11.3 Å². The molecule has 1 nitrogen and oxygen atoms in total. The van der Waals surface area contributed by atoms with Crippen LogP contribution in [0.15, 0.2) is 6.20 Å². The van der Waals surface area contributed by atoms with E-state index in [-0.39, 0.29) is 5.69 Å². The predicted octanol–water partition coefficient (Wildman–Crippen LogP) is 2.14. The molecule has 55 valence electrons. The highest BCUT2D eigenvalue weighted by molar-refractivity contribution is 5.20. The van der Waals surface area contributed by atoms with E-state index < -0.39 is 11.7 Å². The highest BCUT2D eigenvalue weighted by Gasteiger charge is 2.32. The van der Waals surface area contributed by atoms with Crippen molar-refractivity contribution < 1.29 is 13.2 Å². The number of rotatable bonds is 0. The fourth-order valence-corrected chi connectivity index (χ4v) is 0.691. The maximum absolute atomic E-state index is 11.8. The van der Waals surface area contributed by atoms with Gasteiger partial charge < -0.3 is 4.98 Å². The van der Waals surface area contributed by atoms with E-state index in [9.17, 15) is 13.2 Å². The van der Waals surface area contributed by atoms with Crippen LogP contribution in [0.3, 0.4) is 0 Å². The lowest BCUT2D eigenvalue weighted by molar-refractivity contribution is -0.138. The van der Waals surface area contributed by atoms with E-state index in [4.69, 9.17) is 0 Å². The van der Waals surface area contributed by atoms with E-state index in [2.05, 4.69) is 11.1 Å². The van der Waals surface area contributed by atoms with Crippen molar-refractivity contribution in [1.82, 2.24) is 4.98 Å². The van der Waals surface area contributed by atoms with Gasteiger partial charge in [0.05, 0.1) is 5.56 Å². The largest absolute Gasteiger partial charge is 0.418 e. The van der Waals surface area contributed by atoms with Crippen molar-refractivity contribution in [3.63, 3.8) is 0 Å². The quantitative estimate of drug-likeness (QED) is 0.580. The number of nitrogens with one attached hydrogen (secondary N) is 1. The van der Waals surface area contributed by atoms with Crippen molar-refractivity contribution in [3.8, 4) is 0 Å². The number of alkyl halides is 3. The number of H-pyrrole nitrogens is 1. The molecule has 0 aliphatic heterocycles. The molecule has 0 aromatic carbocycles. The smallest absolute Gasteiger partial charge is 0.364 e. The molecule has 1 rings (SSSR count). The third-order valence-corrected chi connectivity index (χ3v) is 1.16. The molecular formula is C6H5F3N. The van der Waals surface area contributed by atoms with Crippen molar-refractivity contribution in [1.29, 1.82) is 0 Å². The summed E-state index contributed by atoms with van der Waals surface area (Å²) >= 11 is 0. The maximum atomic E-state index is 11.8. The number of aromatic amines is 1. The first kappa shape index (κ1) is 7.18. The minimum absolute atomic E-state index is 0.104. The molecule has 0 amide bonds. The van der Waals surface area contributed by atoms with Crippen LogP contribution in [0, 0.1) is 13.0 Å². The van der Waals surface area contributed by atoms with Crippen LogP contribution in [-0.2, 0) is 6.18 Å². The van der Waals surface area contributed by atoms with Crippen LogP contribution < -0.4 is 0 Å². The van der Waals surface area contributed by atoms with Gasteiger partial charge in [0.1, 0.15) is 0 Å². The standard InChI is InChI=1S/C6H5F3N/c1-4-5(2-3-10-4)6(7,8)9/h3,10H,1H3. The van der Waals surface area contributed by atoms with Crippen molar-refractivity contribution in [2.45, 2.75) is 13.1 Å². The van der Waals surface area contributed by atoms with Gasteiger partial charge in [-0.2, -0.15) is 13.2 Å². The lowest BCUT2D eigenvalue weighted by Gasteiger charge is -2.02. The molecular weight excluding hydrogens is 143 g/mol. The van der Waals surface area contributed by atoms with Gasteiger partial charge >= 0.3 is 6.18 Å². The summed E-state index contributed by atoms with van der Waals surface area (Å²) in [7, 11) is 0. The Morgan fingerprint density at radius 3 is 2.30 bits per heavy atom. The zero-order chi connectivity index (χ0) is 7.78. The van der Waals surface area contributed by atoms with Crippen molar-refractivity contribution >= 4 is 0 Å². The first-order valence-corrected chi connectivity index (χ1v) is 2.64. The van der Waals surface area contributed by atoms with Gasteiger partial charge in [-0.05, 0) is 6.92 Å². The molecule has 0 bridgehead atoms. The average Bonchev–Trinajstić information content (AvgIpc) is 2.11. The molecule has 4 heteroatoms. The Bertz CT molecular complexity index is 223. The molecule has 0 unspecified atom stereocenters. The summed E-state index contributed by atoms with van der Waals surface area (Å²) in [6.07, 6.45) is -3.12. The maximum Gasteiger partial charge on any atom is 0.418 e. The number of aryl methyl sites for hydroxylation is 1. The third-order valence-electron chi connectivity index (χ3n) is 1.16. The van der Waals surface area contributed by atoms with Crippen LogP contribution in [0.25, 0.3) is 0 Å². The fraction of sp³-hybridized carbons (Fsp3) is 0.333. The Morgan fingerprint density at radius 2 is 2.10 bits per heavy atom. The summed E-state index contributed by atoms with van der Waals surface area (Å²) in [6.45, 7) is 1.36. The Labute approximate surface area is 55.9 Å². The Morgan fingerprint density at radius 1 is 1.50 bits per heavy atom.